The molecule has 0 aromatic heterocycles. The summed E-state index contributed by atoms with van der Waals surface area (Å²) in [6.07, 6.45) is 3.00. The number of rotatable bonds is 15. The zero-order valence-electron chi connectivity index (χ0n) is 25.9. The molecule has 0 saturated carbocycles. The number of hydrogen-bond donors (Lipinski definition) is 2. The molecular weight excluding hydrogens is 690 g/mol. The zero-order chi connectivity index (χ0) is 33.7. The highest BCUT2D eigenvalue weighted by Gasteiger charge is 2.77. The molecule has 3 fully saturated rings. The number of aliphatic hydroxyl groups excluding tert-OH is 1. The van der Waals surface area contributed by atoms with Crippen LogP contribution in [0, 0.1) is 11.8 Å². The smallest absolute Gasteiger partial charge is 0.313 e. The van der Waals surface area contributed by atoms with E-state index in [4.69, 9.17) is 21.1 Å². The summed E-state index contributed by atoms with van der Waals surface area (Å²) in [7, 11) is 0. The minimum Gasteiger partial charge on any atom is -0.455 e. The van der Waals surface area contributed by atoms with Crippen molar-refractivity contribution >= 4 is 56.9 Å². The van der Waals surface area contributed by atoms with Gasteiger partial charge in [-0.05, 0) is 49.1 Å². The van der Waals surface area contributed by atoms with Crippen molar-refractivity contribution in [3.63, 3.8) is 0 Å². The number of benzene rings is 2. The molecule has 3 aliphatic heterocycles. The first kappa shape index (κ1) is 34.8. The maximum Gasteiger partial charge on any atom is 0.313 e. The number of anilines is 1. The van der Waals surface area contributed by atoms with Crippen LogP contribution in [0.5, 0.6) is 0 Å². The summed E-state index contributed by atoms with van der Waals surface area (Å²) in [5.41, 5.74) is -0.0787. The van der Waals surface area contributed by atoms with Crippen molar-refractivity contribution in [1.82, 2.24) is 10.2 Å². The van der Waals surface area contributed by atoms with Gasteiger partial charge in [0.1, 0.15) is 17.7 Å². The van der Waals surface area contributed by atoms with Gasteiger partial charge in [0, 0.05) is 41.7 Å². The second kappa shape index (κ2) is 15.1. The molecule has 1 unspecified atom stereocenters. The molecule has 5 rings (SSSR count). The number of ether oxygens (including phenoxy) is 2. The van der Waals surface area contributed by atoms with E-state index in [0.717, 1.165) is 0 Å². The van der Waals surface area contributed by atoms with Crippen LogP contribution in [-0.2, 0) is 28.7 Å². The van der Waals surface area contributed by atoms with E-state index >= 15 is 0 Å². The molecule has 47 heavy (non-hydrogen) atoms. The number of carbonyl (C=O) groups is 4. The number of fused-ring (bicyclic) bond motifs is 1. The molecule has 2 N–H and O–H groups in total. The van der Waals surface area contributed by atoms with Crippen LogP contribution in [-0.4, -0.2) is 82.5 Å². The first-order valence-electron chi connectivity index (χ1n) is 15.7. The monoisotopic (exact) mass is 727 g/mol. The van der Waals surface area contributed by atoms with Crippen molar-refractivity contribution in [2.24, 2.45) is 11.8 Å². The van der Waals surface area contributed by atoms with Crippen LogP contribution in [0.3, 0.4) is 0 Å². The van der Waals surface area contributed by atoms with E-state index in [9.17, 15) is 24.3 Å². The Morgan fingerprint density at radius 1 is 1.17 bits per heavy atom. The minimum absolute atomic E-state index is 0.0345. The van der Waals surface area contributed by atoms with Gasteiger partial charge in [0.05, 0.1) is 24.5 Å². The average molecular weight is 729 g/mol. The maximum atomic E-state index is 14.6. The lowest BCUT2D eigenvalue weighted by atomic mass is 9.70. The van der Waals surface area contributed by atoms with Gasteiger partial charge >= 0.3 is 5.97 Å². The van der Waals surface area contributed by atoms with E-state index in [1.54, 1.807) is 48.6 Å². The molecule has 1 spiro atoms. The number of nitrogens with one attached hydrogen (secondary N) is 1. The lowest BCUT2D eigenvalue weighted by molar-refractivity contribution is -0.160. The van der Waals surface area contributed by atoms with Crippen LogP contribution in [0.4, 0.5) is 5.69 Å². The molecule has 3 heterocycles. The standard InChI is InChI=1S/C35H39BrClN3O7/c1-3-5-12-27(42)38-21-26(22-10-7-6-8-11-22)46-34(45)28-29-32(43)40(18-9-19-41)31(35(29)20-25(36)30(28)47-35)33(44)39(17-4-2)24-15-13-23(37)14-16-24/h3-4,6-8,10-11,13-16,25-26,28-31,41H,1-2,5,9,12,17-21H2,(H,38,42)/t25?,26-,28+,29-,30+,31+,35-/m0/s1. The van der Waals surface area contributed by atoms with Crippen LogP contribution in [0.2, 0.25) is 5.02 Å². The summed E-state index contributed by atoms with van der Waals surface area (Å²) < 4.78 is 12.7. The van der Waals surface area contributed by atoms with E-state index in [1.807, 2.05) is 18.2 Å². The summed E-state index contributed by atoms with van der Waals surface area (Å²) in [5, 5.41) is 13.0. The number of likely N-dealkylation sites (tertiary alicyclic amines) is 1. The second-order valence-electron chi connectivity index (χ2n) is 12.0. The van der Waals surface area contributed by atoms with Gasteiger partial charge in [-0.25, -0.2) is 0 Å². The zero-order valence-corrected chi connectivity index (χ0v) is 28.3. The Morgan fingerprint density at radius 2 is 1.89 bits per heavy atom. The summed E-state index contributed by atoms with van der Waals surface area (Å²) in [4.78, 5) is 58.1. The molecule has 2 aromatic carbocycles. The summed E-state index contributed by atoms with van der Waals surface area (Å²) >= 11 is 9.81. The van der Waals surface area contributed by atoms with Crippen LogP contribution >= 0.6 is 27.5 Å². The van der Waals surface area contributed by atoms with Gasteiger partial charge in [-0.15, -0.1) is 13.2 Å². The van der Waals surface area contributed by atoms with Gasteiger partial charge in [0.15, 0.2) is 0 Å². The SMILES string of the molecule is C=CCCC(=O)NC[C@H](OC(=O)[C@H]1[C@@H]2O[C@@]3(CC2Br)[C@@H]1C(=O)N(CCCO)[C@@H]3C(=O)N(CC=C)c1ccc(Cl)cc1)c1ccccc1. The van der Waals surface area contributed by atoms with Gasteiger partial charge < -0.3 is 29.7 Å². The summed E-state index contributed by atoms with van der Waals surface area (Å²) in [6, 6.07) is 14.8. The van der Waals surface area contributed by atoms with Crippen LogP contribution < -0.4 is 10.2 Å². The Hall–Kier alpha value is -3.51. The normalized spacial score (nSPS) is 26.4. The Labute approximate surface area is 287 Å². The molecule has 10 nitrogen and oxygen atoms in total. The fourth-order valence-electron chi connectivity index (χ4n) is 7.02. The number of hydrogen-bond acceptors (Lipinski definition) is 7. The Kier molecular flexibility index (Phi) is 11.2. The maximum absolute atomic E-state index is 14.6. The molecule has 3 amide bonds. The molecule has 0 radical (unpaired) electrons. The van der Waals surface area contributed by atoms with Crippen molar-refractivity contribution < 1.29 is 33.8 Å². The first-order chi connectivity index (χ1) is 22.7. The Morgan fingerprint density at radius 3 is 2.55 bits per heavy atom. The van der Waals surface area contributed by atoms with Crippen molar-refractivity contribution in [1.29, 1.82) is 0 Å². The number of halogens is 2. The largest absolute Gasteiger partial charge is 0.455 e. The number of esters is 1. The van der Waals surface area contributed by atoms with E-state index in [-0.39, 0.29) is 55.7 Å². The highest BCUT2D eigenvalue weighted by Crippen LogP contribution is 2.60. The van der Waals surface area contributed by atoms with Crippen molar-refractivity contribution in [3.05, 3.63) is 90.5 Å². The second-order valence-corrected chi connectivity index (χ2v) is 13.6. The van der Waals surface area contributed by atoms with Gasteiger partial charge in [0.2, 0.25) is 11.8 Å². The van der Waals surface area contributed by atoms with Crippen molar-refractivity contribution in [2.45, 2.75) is 54.4 Å². The molecule has 7 atom stereocenters. The molecule has 12 heteroatoms. The van der Waals surface area contributed by atoms with E-state index in [1.165, 1.54) is 9.80 Å². The van der Waals surface area contributed by atoms with Gasteiger partial charge in [-0.2, -0.15) is 0 Å². The number of aliphatic hydroxyl groups is 1. The summed E-state index contributed by atoms with van der Waals surface area (Å²) in [6.45, 7) is 7.57. The van der Waals surface area contributed by atoms with Crippen LogP contribution in [0.1, 0.15) is 37.4 Å². The number of nitrogens with zero attached hydrogens (tertiary/aromatic N) is 2. The van der Waals surface area contributed by atoms with E-state index in [2.05, 4.69) is 34.4 Å². The fraction of sp³-hybridized carbons (Fsp3) is 0.429. The molecule has 3 aliphatic rings. The van der Waals surface area contributed by atoms with Gasteiger partial charge in [-0.3, -0.25) is 19.2 Å². The molecule has 2 aromatic rings. The number of allylic oxidation sites excluding steroid dienone is 1. The Balaban J connectivity index is 1.47. The molecule has 0 aliphatic carbocycles. The average Bonchev–Trinajstić information content (AvgIpc) is 3.67. The predicted octanol–water partition coefficient (Wildman–Crippen LogP) is 4.36. The molecule has 250 valence electrons. The van der Waals surface area contributed by atoms with E-state index < -0.39 is 47.6 Å². The fourth-order valence-corrected chi connectivity index (χ4v) is 8.09. The molecule has 2 bridgehead atoms. The lowest BCUT2D eigenvalue weighted by Crippen LogP contribution is -2.57. The van der Waals surface area contributed by atoms with Crippen LogP contribution in [0.15, 0.2) is 79.9 Å². The number of alkyl halides is 1. The quantitative estimate of drug-likeness (QED) is 0.159. The lowest BCUT2D eigenvalue weighted by Gasteiger charge is -2.37. The van der Waals surface area contributed by atoms with Gasteiger partial charge in [-0.1, -0.05) is 70.0 Å². The number of amides is 3. The highest BCUT2D eigenvalue weighted by atomic mass is 79.9. The topological polar surface area (TPSA) is 125 Å². The third-order valence-electron chi connectivity index (χ3n) is 9.06. The summed E-state index contributed by atoms with van der Waals surface area (Å²) in [5.74, 6) is -3.65. The van der Waals surface area contributed by atoms with Crippen molar-refractivity contribution in [2.75, 3.05) is 31.1 Å². The van der Waals surface area contributed by atoms with Gasteiger partial charge in [0.25, 0.3) is 5.91 Å². The number of carbonyl (C=O) groups excluding carboxylic acids is 4. The molecular formula is C35H39BrClN3O7. The third kappa shape index (κ3) is 6.90. The van der Waals surface area contributed by atoms with Crippen LogP contribution in [0.25, 0.3) is 0 Å². The van der Waals surface area contributed by atoms with Crippen molar-refractivity contribution in [3.8, 4) is 0 Å². The van der Waals surface area contributed by atoms with E-state index in [0.29, 0.717) is 29.1 Å². The first-order valence-corrected chi connectivity index (χ1v) is 17.0. The predicted molar refractivity (Wildman–Crippen MR) is 181 cm³/mol. The third-order valence-corrected chi connectivity index (χ3v) is 10.2. The molecule has 3 saturated heterocycles. The minimum atomic E-state index is -1.32. The highest BCUT2D eigenvalue weighted by molar-refractivity contribution is 9.09. The Bertz CT molecular complexity index is 1490.